The summed E-state index contributed by atoms with van der Waals surface area (Å²) in [5, 5.41) is 8.31. The van der Waals surface area contributed by atoms with E-state index in [-0.39, 0.29) is 0 Å². The van der Waals surface area contributed by atoms with Gasteiger partial charge in [-0.1, -0.05) is 23.2 Å². The zero-order valence-electron chi connectivity index (χ0n) is 9.70. The third kappa shape index (κ3) is 3.21. The minimum Gasteiger partial charge on any atom is -0.378 e. The molecule has 6 heteroatoms. The number of rotatable bonds is 3. The van der Waals surface area contributed by atoms with Crippen molar-refractivity contribution in [2.45, 2.75) is 25.9 Å². The molecule has 0 N–H and O–H groups in total. The summed E-state index contributed by atoms with van der Waals surface area (Å²) in [7, 11) is 0. The van der Waals surface area contributed by atoms with Crippen LogP contribution in [0, 0.1) is 0 Å². The Morgan fingerprint density at radius 1 is 1.35 bits per heavy atom. The molecule has 17 heavy (non-hydrogen) atoms. The molecular formula is C11H15Cl2N3O. The van der Waals surface area contributed by atoms with Crippen LogP contribution in [0.15, 0.2) is 6.07 Å². The monoisotopic (exact) mass is 275 g/mol. The van der Waals surface area contributed by atoms with Crippen molar-refractivity contribution < 1.29 is 4.74 Å². The van der Waals surface area contributed by atoms with E-state index in [2.05, 4.69) is 15.1 Å². The maximum Gasteiger partial charge on any atom is 0.175 e. The Bertz CT molecular complexity index is 381. The van der Waals surface area contributed by atoms with Crippen LogP contribution >= 0.6 is 23.2 Å². The zero-order valence-corrected chi connectivity index (χ0v) is 11.2. The quantitative estimate of drug-likeness (QED) is 0.850. The third-order valence-corrected chi connectivity index (χ3v) is 3.34. The summed E-state index contributed by atoms with van der Waals surface area (Å²) in [6.45, 7) is 4.61. The molecule has 1 aromatic rings. The average Bonchev–Trinajstić information content (AvgIpc) is 2.34. The number of halogens is 2. The van der Waals surface area contributed by atoms with Gasteiger partial charge in [-0.25, -0.2) is 0 Å². The predicted octanol–water partition coefficient (Wildman–Crippen LogP) is 2.79. The minimum atomic E-state index is 0.361. The number of aromatic nitrogens is 2. The van der Waals surface area contributed by atoms with Gasteiger partial charge in [-0.05, 0) is 19.8 Å². The standard InChI is InChI=1S/C11H15Cl2N3O/c1-2-17-8-3-5-16(6-4-8)9-7-10(12)14-15-11(9)13/h7-8H,2-6H2,1H3. The lowest BCUT2D eigenvalue weighted by molar-refractivity contribution is 0.0459. The third-order valence-electron chi connectivity index (χ3n) is 2.89. The molecule has 1 aromatic heterocycles. The van der Waals surface area contributed by atoms with E-state index in [0.717, 1.165) is 38.2 Å². The second-order valence-electron chi connectivity index (χ2n) is 3.98. The first-order valence-electron chi connectivity index (χ1n) is 5.76. The first-order valence-corrected chi connectivity index (χ1v) is 6.51. The number of anilines is 1. The number of ether oxygens (including phenoxy) is 1. The lowest BCUT2D eigenvalue weighted by Gasteiger charge is -2.33. The molecule has 0 atom stereocenters. The van der Waals surface area contributed by atoms with Gasteiger partial charge >= 0.3 is 0 Å². The number of hydrogen-bond donors (Lipinski definition) is 0. The Morgan fingerprint density at radius 3 is 2.71 bits per heavy atom. The molecule has 0 aliphatic carbocycles. The van der Waals surface area contributed by atoms with Crippen LogP contribution in [0.4, 0.5) is 5.69 Å². The summed E-state index contributed by atoms with van der Waals surface area (Å²) in [5.74, 6) is 0. The second-order valence-corrected chi connectivity index (χ2v) is 4.73. The minimum absolute atomic E-state index is 0.361. The fourth-order valence-electron chi connectivity index (χ4n) is 2.06. The number of piperidine rings is 1. The molecule has 2 heterocycles. The molecule has 0 unspecified atom stereocenters. The van der Waals surface area contributed by atoms with Crippen LogP contribution in [0.1, 0.15) is 19.8 Å². The average molecular weight is 276 g/mol. The van der Waals surface area contributed by atoms with Crippen molar-refractivity contribution in [2.24, 2.45) is 0 Å². The van der Waals surface area contributed by atoms with Crippen LogP contribution in [-0.2, 0) is 4.74 Å². The largest absolute Gasteiger partial charge is 0.378 e. The van der Waals surface area contributed by atoms with E-state index < -0.39 is 0 Å². The van der Waals surface area contributed by atoms with Gasteiger partial charge in [0.25, 0.3) is 0 Å². The summed E-state index contributed by atoms with van der Waals surface area (Å²) in [6, 6.07) is 1.76. The van der Waals surface area contributed by atoms with Crippen molar-refractivity contribution in [3.8, 4) is 0 Å². The normalized spacial score (nSPS) is 17.5. The molecule has 0 amide bonds. The van der Waals surface area contributed by atoms with E-state index in [0.29, 0.717) is 16.4 Å². The van der Waals surface area contributed by atoms with Gasteiger partial charge in [0.2, 0.25) is 0 Å². The van der Waals surface area contributed by atoms with Gasteiger partial charge < -0.3 is 9.64 Å². The van der Waals surface area contributed by atoms with Gasteiger partial charge in [0.15, 0.2) is 10.3 Å². The maximum absolute atomic E-state index is 6.02. The Labute approximate surface area is 111 Å². The molecule has 0 spiro atoms. The fraction of sp³-hybridized carbons (Fsp3) is 0.636. The highest BCUT2D eigenvalue weighted by molar-refractivity contribution is 6.33. The Kier molecular flexibility index (Phi) is 4.42. The fourth-order valence-corrected chi connectivity index (χ4v) is 2.42. The Hall–Kier alpha value is -0.580. The van der Waals surface area contributed by atoms with Crippen molar-refractivity contribution in [3.63, 3.8) is 0 Å². The van der Waals surface area contributed by atoms with Gasteiger partial charge in [0, 0.05) is 25.8 Å². The van der Waals surface area contributed by atoms with Crippen molar-refractivity contribution >= 4 is 28.9 Å². The van der Waals surface area contributed by atoms with Crippen molar-refractivity contribution in [1.29, 1.82) is 0 Å². The van der Waals surface area contributed by atoms with E-state index >= 15 is 0 Å². The van der Waals surface area contributed by atoms with Gasteiger partial charge in [0.05, 0.1) is 11.8 Å². The Balaban J connectivity index is 2.02. The Morgan fingerprint density at radius 2 is 2.06 bits per heavy atom. The van der Waals surface area contributed by atoms with Crippen molar-refractivity contribution in [3.05, 3.63) is 16.4 Å². The molecule has 0 aromatic carbocycles. The summed E-state index contributed by atoms with van der Waals surface area (Å²) in [5.41, 5.74) is 0.863. The first kappa shape index (κ1) is 12.9. The molecule has 2 rings (SSSR count). The van der Waals surface area contributed by atoms with Gasteiger partial charge in [-0.15, -0.1) is 10.2 Å². The smallest absolute Gasteiger partial charge is 0.175 e. The van der Waals surface area contributed by atoms with Gasteiger partial charge in [-0.3, -0.25) is 0 Å². The van der Waals surface area contributed by atoms with Crippen molar-refractivity contribution in [2.75, 3.05) is 24.6 Å². The summed E-state index contributed by atoms with van der Waals surface area (Å²) in [6.07, 6.45) is 2.37. The maximum atomic E-state index is 6.02. The topological polar surface area (TPSA) is 38.2 Å². The molecular weight excluding hydrogens is 261 g/mol. The van der Waals surface area contributed by atoms with E-state index in [1.54, 1.807) is 6.07 Å². The van der Waals surface area contributed by atoms with E-state index in [4.69, 9.17) is 27.9 Å². The summed E-state index contributed by atoms with van der Waals surface area (Å²) in [4.78, 5) is 2.18. The zero-order chi connectivity index (χ0) is 12.3. The number of nitrogens with zero attached hydrogens (tertiary/aromatic N) is 3. The molecule has 0 radical (unpaired) electrons. The molecule has 94 valence electrons. The molecule has 1 fully saturated rings. The first-order chi connectivity index (χ1) is 8.20. The van der Waals surface area contributed by atoms with Crippen LogP contribution in [0.5, 0.6) is 0 Å². The van der Waals surface area contributed by atoms with Crippen LogP contribution in [0.3, 0.4) is 0 Å². The highest BCUT2D eigenvalue weighted by atomic mass is 35.5. The predicted molar refractivity (Wildman–Crippen MR) is 68.9 cm³/mol. The van der Waals surface area contributed by atoms with Crippen LogP contribution in [0.25, 0.3) is 0 Å². The lowest BCUT2D eigenvalue weighted by atomic mass is 10.1. The number of hydrogen-bond acceptors (Lipinski definition) is 4. The molecule has 0 bridgehead atoms. The van der Waals surface area contributed by atoms with Crippen LogP contribution < -0.4 is 4.90 Å². The van der Waals surface area contributed by atoms with E-state index in [1.807, 2.05) is 6.92 Å². The highest BCUT2D eigenvalue weighted by Crippen LogP contribution is 2.28. The van der Waals surface area contributed by atoms with Crippen LogP contribution in [-0.4, -0.2) is 36.0 Å². The second kappa shape index (κ2) is 5.85. The molecule has 1 aliphatic rings. The van der Waals surface area contributed by atoms with Gasteiger partial charge in [-0.2, -0.15) is 0 Å². The van der Waals surface area contributed by atoms with Gasteiger partial charge in [0.1, 0.15) is 0 Å². The molecule has 1 saturated heterocycles. The molecule has 0 saturated carbocycles. The molecule has 1 aliphatic heterocycles. The molecule has 4 nitrogen and oxygen atoms in total. The highest BCUT2D eigenvalue weighted by Gasteiger charge is 2.21. The summed E-state index contributed by atoms with van der Waals surface area (Å²) < 4.78 is 5.61. The van der Waals surface area contributed by atoms with E-state index in [9.17, 15) is 0 Å². The lowest BCUT2D eigenvalue weighted by Crippen LogP contribution is -2.37. The summed E-state index contributed by atoms with van der Waals surface area (Å²) >= 11 is 11.9. The SMILES string of the molecule is CCOC1CCN(c2cc(Cl)nnc2Cl)CC1. The van der Waals surface area contributed by atoms with E-state index in [1.165, 1.54) is 0 Å². The van der Waals surface area contributed by atoms with Crippen molar-refractivity contribution in [1.82, 2.24) is 10.2 Å². The van der Waals surface area contributed by atoms with Crippen LogP contribution in [0.2, 0.25) is 10.3 Å².